The molecular formula is C15H16F3N3O4S. The third kappa shape index (κ3) is 3.88. The molecule has 2 aromatic rings. The number of alkyl halides is 3. The van der Waals surface area contributed by atoms with Crippen molar-refractivity contribution >= 4 is 10.0 Å². The zero-order chi connectivity index (χ0) is 19.9. The second-order valence-corrected chi connectivity index (χ2v) is 7.40. The summed E-state index contributed by atoms with van der Waals surface area (Å²) in [5, 5.41) is 0. The van der Waals surface area contributed by atoms with Crippen LogP contribution in [0.1, 0.15) is 24.1 Å². The number of aryl methyl sites for hydroxylation is 1. The van der Waals surface area contributed by atoms with E-state index in [1.54, 1.807) is 0 Å². The van der Waals surface area contributed by atoms with E-state index in [1.165, 1.54) is 20.0 Å². The van der Waals surface area contributed by atoms with Gasteiger partial charge in [0.15, 0.2) is 4.90 Å². The number of halogens is 3. The Hall–Kier alpha value is -2.40. The van der Waals surface area contributed by atoms with E-state index in [-0.39, 0.29) is 5.56 Å². The first-order valence-corrected chi connectivity index (χ1v) is 8.79. The maximum Gasteiger partial charge on any atom is 0.416 e. The van der Waals surface area contributed by atoms with Crippen LogP contribution in [0.4, 0.5) is 13.2 Å². The fourth-order valence-electron chi connectivity index (χ4n) is 2.31. The molecule has 1 aromatic heterocycles. The largest absolute Gasteiger partial charge is 0.416 e. The summed E-state index contributed by atoms with van der Waals surface area (Å²) in [6, 6.07) is 3.15. The molecule has 11 heteroatoms. The predicted molar refractivity (Wildman–Crippen MR) is 87.1 cm³/mol. The highest BCUT2D eigenvalue weighted by molar-refractivity contribution is 7.89. The number of hydrogen-bond donors (Lipinski definition) is 1. The van der Waals surface area contributed by atoms with Gasteiger partial charge < -0.3 is 4.57 Å². The van der Waals surface area contributed by atoms with Crippen LogP contribution in [-0.2, 0) is 30.3 Å². The van der Waals surface area contributed by atoms with Crippen molar-refractivity contribution in [3.8, 4) is 0 Å². The molecule has 0 saturated heterocycles. The van der Waals surface area contributed by atoms with Gasteiger partial charge in [0.1, 0.15) is 0 Å². The standard InChI is InChI=1S/C15H16F3N3O4S/c1-9(10-5-4-6-11(7-10)15(16,17)18)19-26(24,25)12-8-20(2)14(23)21(3)13(12)22/h4-9,19H,1-3H3/t9-/m1/s1. The Morgan fingerprint density at radius 1 is 1.15 bits per heavy atom. The molecule has 1 aromatic carbocycles. The number of sulfonamides is 1. The quantitative estimate of drug-likeness (QED) is 0.847. The Labute approximate surface area is 146 Å². The minimum absolute atomic E-state index is 0.0741. The SMILES string of the molecule is C[C@@H](NS(=O)(=O)c1cn(C)c(=O)n(C)c1=O)c1cccc(C(F)(F)F)c1. The van der Waals surface area contributed by atoms with E-state index in [1.807, 2.05) is 0 Å². The molecule has 1 N–H and O–H groups in total. The maximum atomic E-state index is 12.8. The van der Waals surface area contributed by atoms with E-state index in [0.29, 0.717) is 4.57 Å². The Morgan fingerprint density at radius 3 is 2.35 bits per heavy atom. The minimum Gasteiger partial charge on any atom is -0.302 e. The fraction of sp³-hybridized carbons (Fsp3) is 0.333. The van der Waals surface area contributed by atoms with E-state index in [9.17, 15) is 31.2 Å². The van der Waals surface area contributed by atoms with Crippen molar-refractivity contribution in [2.45, 2.75) is 24.0 Å². The van der Waals surface area contributed by atoms with Crippen LogP contribution in [0.5, 0.6) is 0 Å². The van der Waals surface area contributed by atoms with Gasteiger partial charge in [0.05, 0.1) is 5.56 Å². The van der Waals surface area contributed by atoms with Crippen LogP contribution in [0.2, 0.25) is 0 Å². The normalized spacial score (nSPS) is 13.6. The number of rotatable bonds is 4. The van der Waals surface area contributed by atoms with Gasteiger partial charge in [-0.1, -0.05) is 12.1 Å². The highest BCUT2D eigenvalue weighted by Crippen LogP contribution is 2.30. The van der Waals surface area contributed by atoms with E-state index in [4.69, 9.17) is 0 Å². The fourth-order valence-corrected chi connectivity index (χ4v) is 3.70. The second kappa shape index (κ2) is 6.72. The van der Waals surface area contributed by atoms with Gasteiger partial charge in [-0.15, -0.1) is 0 Å². The van der Waals surface area contributed by atoms with Gasteiger partial charge in [0.25, 0.3) is 5.56 Å². The molecule has 0 radical (unpaired) electrons. The third-order valence-electron chi connectivity index (χ3n) is 3.75. The average molecular weight is 391 g/mol. The Bertz CT molecular complexity index is 1060. The Balaban J connectivity index is 2.42. The van der Waals surface area contributed by atoms with Crippen molar-refractivity contribution in [3.05, 3.63) is 62.4 Å². The molecule has 0 aliphatic rings. The zero-order valence-electron chi connectivity index (χ0n) is 14.0. The van der Waals surface area contributed by atoms with Gasteiger partial charge in [-0.05, 0) is 24.6 Å². The average Bonchev–Trinajstić information content (AvgIpc) is 2.55. The summed E-state index contributed by atoms with van der Waals surface area (Å²) >= 11 is 0. The molecule has 0 unspecified atom stereocenters. The molecule has 0 aliphatic heterocycles. The molecule has 0 amide bonds. The highest BCUT2D eigenvalue weighted by Gasteiger charge is 2.31. The Kier molecular flexibility index (Phi) is 5.15. The smallest absolute Gasteiger partial charge is 0.302 e. The van der Waals surface area contributed by atoms with E-state index >= 15 is 0 Å². The minimum atomic E-state index is -4.57. The summed E-state index contributed by atoms with van der Waals surface area (Å²) in [5.41, 5.74) is -2.58. The summed E-state index contributed by atoms with van der Waals surface area (Å²) in [6.07, 6.45) is -3.70. The predicted octanol–water partition coefficient (Wildman–Crippen LogP) is 1.14. The molecule has 0 spiro atoms. The summed E-state index contributed by atoms with van der Waals surface area (Å²) in [7, 11) is -1.97. The molecule has 0 aliphatic carbocycles. The highest BCUT2D eigenvalue weighted by atomic mass is 32.2. The molecule has 26 heavy (non-hydrogen) atoms. The number of hydrogen-bond acceptors (Lipinski definition) is 4. The molecule has 0 fully saturated rings. The van der Waals surface area contributed by atoms with Crippen molar-refractivity contribution in [2.24, 2.45) is 14.1 Å². The van der Waals surface area contributed by atoms with Crippen molar-refractivity contribution in [3.63, 3.8) is 0 Å². The second-order valence-electron chi connectivity index (χ2n) is 5.72. The maximum absolute atomic E-state index is 12.8. The van der Waals surface area contributed by atoms with Crippen LogP contribution in [0.15, 0.2) is 44.9 Å². The molecule has 7 nitrogen and oxygen atoms in total. The zero-order valence-corrected chi connectivity index (χ0v) is 14.9. The topological polar surface area (TPSA) is 90.2 Å². The Morgan fingerprint density at radius 2 is 1.77 bits per heavy atom. The van der Waals surface area contributed by atoms with Gasteiger partial charge in [0, 0.05) is 26.3 Å². The van der Waals surface area contributed by atoms with Crippen molar-refractivity contribution in [2.75, 3.05) is 0 Å². The van der Waals surface area contributed by atoms with Crippen LogP contribution in [0.25, 0.3) is 0 Å². The van der Waals surface area contributed by atoms with Gasteiger partial charge in [-0.3, -0.25) is 9.36 Å². The number of nitrogens with one attached hydrogen (secondary N) is 1. The van der Waals surface area contributed by atoms with E-state index < -0.39 is 43.9 Å². The van der Waals surface area contributed by atoms with Crippen LogP contribution < -0.4 is 16.0 Å². The lowest BCUT2D eigenvalue weighted by Gasteiger charge is -2.16. The monoisotopic (exact) mass is 391 g/mol. The molecule has 1 atom stereocenters. The lowest BCUT2D eigenvalue weighted by Crippen LogP contribution is -2.41. The van der Waals surface area contributed by atoms with E-state index in [2.05, 4.69) is 4.72 Å². The molecule has 142 valence electrons. The molecule has 1 heterocycles. The van der Waals surface area contributed by atoms with Crippen LogP contribution in [0.3, 0.4) is 0 Å². The summed E-state index contributed by atoms with van der Waals surface area (Å²) in [5.74, 6) is 0. The molecule has 0 saturated carbocycles. The molecule has 2 rings (SSSR count). The number of nitrogens with zero attached hydrogens (tertiary/aromatic N) is 2. The number of benzene rings is 1. The first kappa shape index (κ1) is 19.9. The summed E-state index contributed by atoms with van der Waals surface area (Å²) < 4.78 is 67.0. The lowest BCUT2D eigenvalue weighted by molar-refractivity contribution is -0.137. The van der Waals surface area contributed by atoms with Crippen LogP contribution in [-0.4, -0.2) is 17.6 Å². The summed E-state index contributed by atoms with van der Waals surface area (Å²) in [4.78, 5) is 23.0. The van der Waals surface area contributed by atoms with Crippen LogP contribution in [0, 0.1) is 0 Å². The van der Waals surface area contributed by atoms with Crippen LogP contribution >= 0.6 is 0 Å². The van der Waals surface area contributed by atoms with Crippen molar-refractivity contribution in [1.82, 2.24) is 13.9 Å². The first-order valence-electron chi connectivity index (χ1n) is 7.30. The molecule has 0 bridgehead atoms. The lowest BCUT2D eigenvalue weighted by atomic mass is 10.1. The number of aromatic nitrogens is 2. The van der Waals surface area contributed by atoms with Gasteiger partial charge in [-0.2, -0.15) is 13.2 Å². The van der Waals surface area contributed by atoms with E-state index in [0.717, 1.165) is 36.0 Å². The van der Waals surface area contributed by atoms with Crippen molar-refractivity contribution < 1.29 is 21.6 Å². The third-order valence-corrected chi connectivity index (χ3v) is 5.27. The summed E-state index contributed by atoms with van der Waals surface area (Å²) in [6.45, 7) is 1.35. The van der Waals surface area contributed by atoms with Crippen molar-refractivity contribution in [1.29, 1.82) is 0 Å². The molecular weight excluding hydrogens is 375 g/mol. The van der Waals surface area contributed by atoms with Gasteiger partial charge >= 0.3 is 11.9 Å². The first-order chi connectivity index (χ1) is 11.8. The van der Waals surface area contributed by atoms with Gasteiger partial charge in [0.2, 0.25) is 10.0 Å². The van der Waals surface area contributed by atoms with Gasteiger partial charge in [-0.25, -0.2) is 17.9 Å².